The Morgan fingerprint density at radius 3 is 2.90 bits per heavy atom. The highest BCUT2D eigenvalue weighted by atomic mass is 35.5. The number of aromatic nitrogens is 2. The van der Waals surface area contributed by atoms with Crippen molar-refractivity contribution in [2.45, 2.75) is 25.4 Å². The maximum atomic E-state index is 5.96. The molecule has 20 heavy (non-hydrogen) atoms. The minimum Gasteiger partial charge on any atom is -0.338 e. The zero-order valence-electron chi connectivity index (χ0n) is 11.1. The third-order valence-electron chi connectivity index (χ3n) is 3.54. The van der Waals surface area contributed by atoms with Crippen molar-refractivity contribution >= 4 is 11.6 Å². The molecule has 0 saturated carbocycles. The van der Waals surface area contributed by atoms with Gasteiger partial charge in [0.05, 0.1) is 6.54 Å². The molecule has 0 unspecified atom stereocenters. The summed E-state index contributed by atoms with van der Waals surface area (Å²) in [5, 5.41) is 4.68. The lowest BCUT2D eigenvalue weighted by molar-refractivity contribution is 0.182. The molecule has 5 nitrogen and oxygen atoms in total. The molecule has 0 amide bonds. The van der Waals surface area contributed by atoms with Gasteiger partial charge in [-0.25, -0.2) is 0 Å². The molecule has 0 atom stereocenters. The average Bonchev–Trinajstić information content (AvgIpc) is 2.90. The van der Waals surface area contributed by atoms with Crippen LogP contribution >= 0.6 is 11.6 Å². The fraction of sp³-hybridized carbons (Fsp3) is 0.429. The lowest BCUT2D eigenvalue weighted by atomic mass is 10.1. The molecule has 0 radical (unpaired) electrons. The van der Waals surface area contributed by atoms with Gasteiger partial charge in [-0.3, -0.25) is 4.90 Å². The number of hydrogen-bond acceptors (Lipinski definition) is 5. The van der Waals surface area contributed by atoms with Crippen LogP contribution in [0.2, 0.25) is 5.02 Å². The molecule has 3 rings (SSSR count). The van der Waals surface area contributed by atoms with Crippen molar-refractivity contribution < 1.29 is 4.52 Å². The Labute approximate surface area is 122 Å². The van der Waals surface area contributed by atoms with Gasteiger partial charge in [-0.2, -0.15) is 4.98 Å². The molecule has 1 aliphatic rings. The zero-order chi connectivity index (χ0) is 13.9. The summed E-state index contributed by atoms with van der Waals surface area (Å²) < 4.78 is 5.31. The first-order valence-electron chi connectivity index (χ1n) is 6.77. The Bertz CT molecular complexity index is 578. The van der Waals surface area contributed by atoms with Gasteiger partial charge < -0.3 is 10.3 Å². The minimum absolute atomic E-state index is 0.330. The molecular formula is C14H17ClN4O. The van der Waals surface area contributed by atoms with Crippen LogP contribution < -0.4 is 5.73 Å². The highest BCUT2D eigenvalue weighted by Gasteiger charge is 2.18. The van der Waals surface area contributed by atoms with E-state index in [0.29, 0.717) is 29.3 Å². The highest BCUT2D eigenvalue weighted by molar-refractivity contribution is 6.30. The predicted molar refractivity (Wildman–Crippen MR) is 77.2 cm³/mol. The van der Waals surface area contributed by atoms with Gasteiger partial charge >= 0.3 is 0 Å². The van der Waals surface area contributed by atoms with E-state index >= 15 is 0 Å². The summed E-state index contributed by atoms with van der Waals surface area (Å²) in [6, 6.07) is 7.77. The smallest absolute Gasteiger partial charge is 0.241 e. The van der Waals surface area contributed by atoms with E-state index in [9.17, 15) is 0 Å². The summed E-state index contributed by atoms with van der Waals surface area (Å²) in [4.78, 5) is 6.72. The Kier molecular flexibility index (Phi) is 4.00. The van der Waals surface area contributed by atoms with E-state index in [-0.39, 0.29) is 0 Å². The van der Waals surface area contributed by atoms with Crippen LogP contribution in [0.1, 0.15) is 18.7 Å². The average molecular weight is 293 g/mol. The first kappa shape index (κ1) is 13.5. The molecule has 0 aliphatic carbocycles. The van der Waals surface area contributed by atoms with Crippen LogP contribution in [0.25, 0.3) is 11.4 Å². The van der Waals surface area contributed by atoms with Gasteiger partial charge in [-0.05, 0) is 25.0 Å². The Morgan fingerprint density at radius 2 is 2.15 bits per heavy atom. The zero-order valence-corrected chi connectivity index (χ0v) is 11.9. The normalized spacial score (nSPS) is 17.5. The van der Waals surface area contributed by atoms with Crippen molar-refractivity contribution in [1.29, 1.82) is 0 Å². The Balaban J connectivity index is 1.68. The molecule has 2 N–H and O–H groups in total. The van der Waals surface area contributed by atoms with Crippen LogP contribution in [-0.2, 0) is 6.54 Å². The summed E-state index contributed by atoms with van der Waals surface area (Å²) in [6.45, 7) is 2.65. The first-order chi connectivity index (χ1) is 9.70. The van der Waals surface area contributed by atoms with Gasteiger partial charge in [0.25, 0.3) is 0 Å². The number of likely N-dealkylation sites (tertiary alicyclic amines) is 1. The Hall–Kier alpha value is -1.43. The topological polar surface area (TPSA) is 68.2 Å². The van der Waals surface area contributed by atoms with Gasteiger partial charge in [0.2, 0.25) is 11.7 Å². The molecule has 0 bridgehead atoms. The molecule has 1 fully saturated rings. The highest BCUT2D eigenvalue weighted by Crippen LogP contribution is 2.20. The SMILES string of the molecule is NC1CCN(Cc2nc(-c3cccc(Cl)c3)no2)CC1. The van der Waals surface area contributed by atoms with Crippen molar-refractivity contribution in [1.82, 2.24) is 15.0 Å². The number of rotatable bonds is 3. The van der Waals surface area contributed by atoms with E-state index in [1.807, 2.05) is 24.3 Å². The molecule has 1 aromatic heterocycles. The van der Waals surface area contributed by atoms with Gasteiger partial charge in [0, 0.05) is 29.7 Å². The number of nitrogens with zero attached hydrogens (tertiary/aromatic N) is 3. The second-order valence-corrected chi connectivity index (χ2v) is 5.57. The van der Waals surface area contributed by atoms with Crippen LogP contribution in [-0.4, -0.2) is 34.2 Å². The number of piperidine rings is 1. The van der Waals surface area contributed by atoms with Crippen molar-refractivity contribution in [3.05, 3.63) is 35.2 Å². The van der Waals surface area contributed by atoms with Gasteiger partial charge in [0.15, 0.2) is 0 Å². The molecule has 2 heterocycles. The predicted octanol–water partition coefficient (Wildman–Crippen LogP) is 2.31. The molecular weight excluding hydrogens is 276 g/mol. The second-order valence-electron chi connectivity index (χ2n) is 5.14. The molecule has 0 spiro atoms. The third kappa shape index (κ3) is 3.17. The van der Waals surface area contributed by atoms with E-state index in [2.05, 4.69) is 15.0 Å². The number of benzene rings is 1. The standard InChI is InChI=1S/C14H17ClN4O/c15-11-3-1-2-10(8-11)14-17-13(20-18-14)9-19-6-4-12(16)5-7-19/h1-3,8,12H,4-7,9,16H2. The van der Waals surface area contributed by atoms with E-state index in [1.165, 1.54) is 0 Å². The summed E-state index contributed by atoms with van der Waals surface area (Å²) in [7, 11) is 0. The fourth-order valence-corrected chi connectivity index (χ4v) is 2.56. The van der Waals surface area contributed by atoms with Crippen LogP contribution in [0, 0.1) is 0 Å². The quantitative estimate of drug-likeness (QED) is 0.940. The lowest BCUT2D eigenvalue weighted by Gasteiger charge is -2.28. The van der Waals surface area contributed by atoms with Crippen LogP contribution in [0.3, 0.4) is 0 Å². The monoisotopic (exact) mass is 292 g/mol. The van der Waals surface area contributed by atoms with E-state index in [1.54, 1.807) is 0 Å². The number of hydrogen-bond donors (Lipinski definition) is 1. The van der Waals surface area contributed by atoms with Crippen LogP contribution in [0.5, 0.6) is 0 Å². The molecule has 2 aromatic rings. The molecule has 1 aromatic carbocycles. The fourth-order valence-electron chi connectivity index (χ4n) is 2.37. The molecule has 1 saturated heterocycles. The summed E-state index contributed by atoms with van der Waals surface area (Å²) in [5.41, 5.74) is 6.76. The largest absolute Gasteiger partial charge is 0.338 e. The first-order valence-corrected chi connectivity index (χ1v) is 7.15. The Morgan fingerprint density at radius 1 is 1.35 bits per heavy atom. The van der Waals surface area contributed by atoms with E-state index in [4.69, 9.17) is 21.9 Å². The van der Waals surface area contributed by atoms with Gasteiger partial charge in [-0.1, -0.05) is 28.9 Å². The maximum absolute atomic E-state index is 5.96. The molecule has 6 heteroatoms. The van der Waals surface area contributed by atoms with Crippen molar-refractivity contribution in [2.75, 3.05) is 13.1 Å². The van der Waals surface area contributed by atoms with Gasteiger partial charge in [0.1, 0.15) is 0 Å². The van der Waals surface area contributed by atoms with Crippen LogP contribution in [0.15, 0.2) is 28.8 Å². The lowest BCUT2D eigenvalue weighted by Crippen LogP contribution is -2.39. The number of halogens is 1. The van der Waals surface area contributed by atoms with E-state index < -0.39 is 0 Å². The number of nitrogens with two attached hydrogens (primary N) is 1. The second kappa shape index (κ2) is 5.91. The molecule has 1 aliphatic heterocycles. The summed E-state index contributed by atoms with van der Waals surface area (Å²) >= 11 is 5.96. The summed E-state index contributed by atoms with van der Waals surface area (Å²) in [5.74, 6) is 1.21. The minimum atomic E-state index is 0.330. The van der Waals surface area contributed by atoms with Crippen LogP contribution in [0.4, 0.5) is 0 Å². The molecule has 106 valence electrons. The summed E-state index contributed by atoms with van der Waals surface area (Å²) in [6.07, 6.45) is 2.05. The van der Waals surface area contributed by atoms with Crippen molar-refractivity contribution in [3.8, 4) is 11.4 Å². The third-order valence-corrected chi connectivity index (χ3v) is 3.78. The van der Waals surface area contributed by atoms with Crippen molar-refractivity contribution in [2.24, 2.45) is 5.73 Å². The van der Waals surface area contributed by atoms with Crippen molar-refractivity contribution in [3.63, 3.8) is 0 Å². The van der Waals surface area contributed by atoms with E-state index in [0.717, 1.165) is 31.5 Å². The van der Waals surface area contributed by atoms with Gasteiger partial charge in [-0.15, -0.1) is 0 Å². The maximum Gasteiger partial charge on any atom is 0.241 e.